The number of benzene rings is 2. The lowest BCUT2D eigenvalue weighted by atomic mass is 9.93. The van der Waals surface area contributed by atoms with Crippen molar-refractivity contribution in [1.29, 1.82) is 0 Å². The van der Waals surface area contributed by atoms with Crippen LogP contribution in [0.5, 0.6) is 5.75 Å². The van der Waals surface area contributed by atoms with E-state index in [1.54, 1.807) is 24.3 Å². The summed E-state index contributed by atoms with van der Waals surface area (Å²) in [7, 11) is 0. The molecule has 0 heterocycles. The molecule has 0 radical (unpaired) electrons. The summed E-state index contributed by atoms with van der Waals surface area (Å²) in [6.45, 7) is 6.40. The quantitative estimate of drug-likeness (QED) is 0.389. The number of aromatic hydroxyl groups is 1. The first-order valence-corrected chi connectivity index (χ1v) is 10.4. The maximum Gasteiger partial charge on any atom is 0.224 e. The first-order valence-electron chi connectivity index (χ1n) is 10.4. The van der Waals surface area contributed by atoms with E-state index in [0.29, 0.717) is 13.0 Å². The molecule has 0 fully saturated rings. The Kier molecular flexibility index (Phi) is 8.84. The molecule has 2 aromatic carbocycles. The second-order valence-electron chi connectivity index (χ2n) is 8.40. The van der Waals surface area contributed by atoms with E-state index in [1.165, 1.54) is 0 Å². The van der Waals surface area contributed by atoms with Crippen molar-refractivity contribution in [2.45, 2.75) is 57.7 Å². The van der Waals surface area contributed by atoms with Gasteiger partial charge in [0.2, 0.25) is 5.91 Å². The Morgan fingerprint density at radius 2 is 1.77 bits per heavy atom. The van der Waals surface area contributed by atoms with Gasteiger partial charge in [0.1, 0.15) is 5.75 Å². The van der Waals surface area contributed by atoms with Crippen LogP contribution < -0.4 is 10.6 Å². The molecule has 30 heavy (non-hydrogen) atoms. The van der Waals surface area contributed by atoms with Crippen LogP contribution in [0.25, 0.3) is 0 Å². The highest BCUT2D eigenvalue weighted by molar-refractivity contribution is 5.78. The molecule has 0 saturated carbocycles. The molecule has 0 aliphatic rings. The third-order valence-corrected chi connectivity index (χ3v) is 5.13. The summed E-state index contributed by atoms with van der Waals surface area (Å²) in [5.74, 6) is 0.0804. The number of phenolic OH excluding ortho intramolecular Hbond substituents is 1. The molecule has 0 spiro atoms. The number of hydrogen-bond acceptors (Lipinski definition) is 5. The predicted octanol–water partition coefficient (Wildman–Crippen LogP) is 2.47. The molecule has 0 saturated heterocycles. The molecular formula is C24H34N2O4. The lowest BCUT2D eigenvalue weighted by Gasteiger charge is -2.28. The number of carbonyl (C=O) groups excluding carboxylic acids is 1. The number of amides is 1. The molecule has 5 N–H and O–H groups in total. The number of nitrogens with one attached hydrogen (secondary N) is 2. The molecule has 0 aromatic heterocycles. The van der Waals surface area contributed by atoms with Crippen molar-refractivity contribution >= 4 is 5.91 Å². The smallest absolute Gasteiger partial charge is 0.224 e. The Bertz CT molecular complexity index is 801. The van der Waals surface area contributed by atoms with Crippen LogP contribution in [-0.2, 0) is 17.6 Å². The SMILES string of the molecule is CC[C@H](CO)NC(=O)Cc1cccc(CC(C)(C)NCC(O)c2ccc(O)cc2)c1. The largest absolute Gasteiger partial charge is 0.508 e. The van der Waals surface area contributed by atoms with Gasteiger partial charge in [-0.3, -0.25) is 4.79 Å². The Labute approximate surface area is 179 Å². The van der Waals surface area contributed by atoms with Crippen LogP contribution in [0.3, 0.4) is 0 Å². The third-order valence-electron chi connectivity index (χ3n) is 5.13. The highest BCUT2D eigenvalue weighted by Gasteiger charge is 2.20. The predicted molar refractivity (Wildman–Crippen MR) is 118 cm³/mol. The van der Waals surface area contributed by atoms with Crippen LogP contribution in [0.4, 0.5) is 0 Å². The number of aliphatic hydroxyl groups excluding tert-OH is 2. The van der Waals surface area contributed by atoms with Crippen LogP contribution in [0.15, 0.2) is 48.5 Å². The van der Waals surface area contributed by atoms with Gasteiger partial charge in [-0.2, -0.15) is 0 Å². The van der Waals surface area contributed by atoms with E-state index in [2.05, 4.69) is 24.5 Å². The van der Waals surface area contributed by atoms with Crippen molar-refractivity contribution in [1.82, 2.24) is 10.6 Å². The number of β-amino-alcohol motifs (C(OH)–C–C–N with tert-alkyl or cyclic N) is 1. The van der Waals surface area contributed by atoms with Crippen molar-refractivity contribution in [2.75, 3.05) is 13.2 Å². The molecule has 0 aliphatic carbocycles. The lowest BCUT2D eigenvalue weighted by molar-refractivity contribution is -0.121. The van der Waals surface area contributed by atoms with Gasteiger partial charge < -0.3 is 26.0 Å². The number of carbonyl (C=O) groups is 1. The van der Waals surface area contributed by atoms with Gasteiger partial charge in [0.05, 0.1) is 25.2 Å². The maximum atomic E-state index is 12.2. The minimum Gasteiger partial charge on any atom is -0.508 e. The Morgan fingerprint density at radius 3 is 2.40 bits per heavy atom. The fourth-order valence-corrected chi connectivity index (χ4v) is 3.35. The Hall–Kier alpha value is -2.41. The molecule has 0 bridgehead atoms. The van der Waals surface area contributed by atoms with Gasteiger partial charge in [0.25, 0.3) is 0 Å². The zero-order valence-electron chi connectivity index (χ0n) is 18.1. The van der Waals surface area contributed by atoms with Gasteiger partial charge in [-0.05, 0) is 55.5 Å². The Morgan fingerprint density at radius 1 is 1.10 bits per heavy atom. The summed E-state index contributed by atoms with van der Waals surface area (Å²) in [6.07, 6.45) is 1.03. The summed E-state index contributed by atoms with van der Waals surface area (Å²) >= 11 is 0. The van der Waals surface area contributed by atoms with E-state index in [0.717, 1.165) is 23.1 Å². The zero-order valence-corrected chi connectivity index (χ0v) is 18.1. The highest BCUT2D eigenvalue weighted by Crippen LogP contribution is 2.19. The average molecular weight is 415 g/mol. The van der Waals surface area contributed by atoms with Crippen molar-refractivity contribution in [3.8, 4) is 5.75 Å². The van der Waals surface area contributed by atoms with Crippen molar-refractivity contribution in [3.05, 3.63) is 65.2 Å². The van der Waals surface area contributed by atoms with E-state index in [4.69, 9.17) is 0 Å². The molecular weight excluding hydrogens is 380 g/mol. The summed E-state index contributed by atoms with van der Waals surface area (Å²) in [6, 6.07) is 14.3. The standard InChI is InChI=1S/C24H34N2O4/c1-4-20(16-27)26-23(30)13-17-6-5-7-18(12-17)14-24(2,3)25-15-22(29)19-8-10-21(28)11-9-19/h5-12,20,22,25,27-29H,4,13-16H2,1-3H3,(H,26,30)/t20-,22?/m1/s1. The van der Waals surface area contributed by atoms with E-state index in [-0.39, 0.29) is 36.3 Å². The molecule has 0 aliphatic heterocycles. The van der Waals surface area contributed by atoms with Crippen LogP contribution in [0.2, 0.25) is 0 Å². The molecule has 1 amide bonds. The molecule has 2 rings (SSSR count). The molecule has 2 atom stereocenters. The molecule has 6 nitrogen and oxygen atoms in total. The van der Waals surface area contributed by atoms with E-state index in [9.17, 15) is 20.1 Å². The molecule has 1 unspecified atom stereocenters. The van der Waals surface area contributed by atoms with Gasteiger partial charge in [-0.1, -0.05) is 43.3 Å². The average Bonchev–Trinajstić information content (AvgIpc) is 2.70. The first-order chi connectivity index (χ1) is 14.2. The van der Waals surface area contributed by atoms with Crippen molar-refractivity contribution in [3.63, 3.8) is 0 Å². The number of phenols is 1. The number of hydrogen-bond donors (Lipinski definition) is 5. The number of rotatable bonds is 11. The summed E-state index contributed by atoms with van der Waals surface area (Å²) < 4.78 is 0. The molecule has 2 aromatic rings. The molecule has 6 heteroatoms. The van der Waals surface area contributed by atoms with Gasteiger partial charge in [0.15, 0.2) is 0 Å². The first kappa shape index (κ1) is 23.9. The normalized spacial score (nSPS) is 13.6. The van der Waals surface area contributed by atoms with E-state index in [1.807, 2.05) is 31.2 Å². The maximum absolute atomic E-state index is 12.2. The summed E-state index contributed by atoms with van der Waals surface area (Å²) in [5, 5.41) is 35.2. The second-order valence-corrected chi connectivity index (χ2v) is 8.40. The second kappa shape index (κ2) is 11.1. The lowest BCUT2D eigenvalue weighted by Crippen LogP contribution is -2.43. The molecule has 164 valence electrons. The summed E-state index contributed by atoms with van der Waals surface area (Å²) in [5.41, 5.74) is 2.52. The van der Waals surface area contributed by atoms with Crippen molar-refractivity contribution < 1.29 is 20.1 Å². The third kappa shape index (κ3) is 7.78. The Balaban J connectivity index is 1.91. The highest BCUT2D eigenvalue weighted by atomic mass is 16.3. The van der Waals surface area contributed by atoms with Crippen LogP contribution in [-0.4, -0.2) is 46.0 Å². The van der Waals surface area contributed by atoms with Gasteiger partial charge >= 0.3 is 0 Å². The van der Waals surface area contributed by atoms with Gasteiger partial charge in [-0.15, -0.1) is 0 Å². The zero-order chi connectivity index (χ0) is 22.1. The fraction of sp³-hybridized carbons (Fsp3) is 0.458. The van der Waals surface area contributed by atoms with E-state index < -0.39 is 6.10 Å². The minimum atomic E-state index is -0.669. The van der Waals surface area contributed by atoms with Gasteiger partial charge in [0, 0.05) is 12.1 Å². The van der Waals surface area contributed by atoms with E-state index >= 15 is 0 Å². The monoisotopic (exact) mass is 414 g/mol. The van der Waals surface area contributed by atoms with Crippen LogP contribution in [0.1, 0.15) is 50.0 Å². The minimum absolute atomic E-state index is 0.0574. The van der Waals surface area contributed by atoms with Crippen LogP contribution in [0, 0.1) is 0 Å². The summed E-state index contributed by atoms with van der Waals surface area (Å²) in [4.78, 5) is 12.2. The topological polar surface area (TPSA) is 102 Å². The van der Waals surface area contributed by atoms with Gasteiger partial charge in [-0.25, -0.2) is 0 Å². The number of aliphatic hydroxyl groups is 2. The van der Waals surface area contributed by atoms with Crippen molar-refractivity contribution in [2.24, 2.45) is 0 Å². The fourth-order valence-electron chi connectivity index (χ4n) is 3.35. The van der Waals surface area contributed by atoms with Crippen LogP contribution >= 0.6 is 0 Å².